The van der Waals surface area contributed by atoms with E-state index in [2.05, 4.69) is 25.3 Å². The molecule has 2 aromatic carbocycles. The van der Waals surface area contributed by atoms with Gasteiger partial charge in [0.05, 0.1) is 26.5 Å². The van der Waals surface area contributed by atoms with Crippen molar-refractivity contribution in [1.29, 1.82) is 0 Å². The molecule has 0 bridgehead atoms. The van der Waals surface area contributed by atoms with E-state index in [1.54, 1.807) is 25.2 Å². The second-order valence-electron chi connectivity index (χ2n) is 8.29. The number of ether oxygens (including phenoxy) is 2. The Kier molecular flexibility index (Phi) is 6.62. The third-order valence-electron chi connectivity index (χ3n) is 6.28. The molecule has 2 aromatic heterocycles. The zero-order valence-electron chi connectivity index (χ0n) is 19.7. The molecule has 182 valence electrons. The smallest absolute Gasteiger partial charge is 0.173 e. The second-order valence-corrected chi connectivity index (χ2v) is 8.29. The van der Waals surface area contributed by atoms with Crippen molar-refractivity contribution in [3.8, 4) is 11.5 Å². The van der Waals surface area contributed by atoms with Gasteiger partial charge in [-0.1, -0.05) is 6.07 Å². The van der Waals surface area contributed by atoms with Crippen LogP contribution in [0, 0.1) is 5.82 Å². The van der Waals surface area contributed by atoms with Crippen molar-refractivity contribution in [2.24, 2.45) is 0 Å². The van der Waals surface area contributed by atoms with Gasteiger partial charge in [0.1, 0.15) is 18.1 Å². The van der Waals surface area contributed by atoms with E-state index < -0.39 is 0 Å². The molecular formula is C25H27FN6O3. The minimum atomic E-state index is -0.232. The Hall–Kier alpha value is -3.92. The monoisotopic (exact) mass is 478 g/mol. The molecule has 0 saturated carbocycles. The van der Waals surface area contributed by atoms with Crippen molar-refractivity contribution in [1.82, 2.24) is 25.1 Å². The van der Waals surface area contributed by atoms with Crippen LogP contribution in [0.4, 0.5) is 10.1 Å². The summed E-state index contributed by atoms with van der Waals surface area (Å²) in [5, 5.41) is 12.7. The van der Waals surface area contributed by atoms with E-state index in [-0.39, 0.29) is 11.9 Å². The Bertz CT molecular complexity index is 1240. The van der Waals surface area contributed by atoms with E-state index >= 15 is 0 Å². The van der Waals surface area contributed by atoms with Crippen LogP contribution in [0.2, 0.25) is 0 Å². The molecule has 0 aliphatic carbocycles. The topological polar surface area (TPSA) is 81.7 Å². The SMILES string of the molecule is COc1ccc([C@H](c2nnnn2Cc2ccco2)N2CCN(c3ccc(F)cc3)CC2)cc1OC. The number of hydrogen-bond acceptors (Lipinski definition) is 8. The van der Waals surface area contributed by atoms with E-state index in [0.29, 0.717) is 23.9 Å². The first kappa shape index (κ1) is 22.9. The predicted molar refractivity (Wildman–Crippen MR) is 127 cm³/mol. The van der Waals surface area contributed by atoms with Crippen LogP contribution in [0.1, 0.15) is 23.2 Å². The molecular weight excluding hydrogens is 451 g/mol. The van der Waals surface area contributed by atoms with Gasteiger partial charge in [-0.3, -0.25) is 4.90 Å². The maximum absolute atomic E-state index is 13.4. The average Bonchev–Trinajstić information content (AvgIpc) is 3.58. The highest BCUT2D eigenvalue weighted by Crippen LogP contribution is 2.35. The number of methoxy groups -OCH3 is 2. The quantitative estimate of drug-likeness (QED) is 0.381. The van der Waals surface area contributed by atoms with Crippen LogP contribution in [0.3, 0.4) is 0 Å². The Morgan fingerprint density at radius 1 is 0.971 bits per heavy atom. The van der Waals surface area contributed by atoms with Crippen molar-refractivity contribution in [3.63, 3.8) is 0 Å². The fraction of sp³-hybridized carbons (Fsp3) is 0.320. The minimum absolute atomic E-state index is 0.213. The molecule has 35 heavy (non-hydrogen) atoms. The molecule has 10 heteroatoms. The van der Waals surface area contributed by atoms with Crippen LogP contribution < -0.4 is 14.4 Å². The fourth-order valence-corrected chi connectivity index (χ4v) is 4.51. The van der Waals surface area contributed by atoms with Gasteiger partial charge in [-0.2, -0.15) is 0 Å². The summed E-state index contributed by atoms with van der Waals surface area (Å²) >= 11 is 0. The summed E-state index contributed by atoms with van der Waals surface area (Å²) < 4.78 is 31.7. The lowest BCUT2D eigenvalue weighted by atomic mass is 10.0. The number of piperazine rings is 1. The van der Waals surface area contributed by atoms with E-state index in [4.69, 9.17) is 13.9 Å². The molecule has 0 spiro atoms. The highest BCUT2D eigenvalue weighted by Gasteiger charge is 2.31. The summed E-state index contributed by atoms with van der Waals surface area (Å²) in [4.78, 5) is 4.61. The lowest BCUT2D eigenvalue weighted by molar-refractivity contribution is 0.200. The number of aromatic nitrogens is 4. The number of rotatable bonds is 8. The summed E-state index contributed by atoms with van der Waals surface area (Å²) in [6, 6.07) is 16.1. The van der Waals surface area contributed by atoms with E-state index in [1.807, 2.05) is 42.5 Å². The van der Waals surface area contributed by atoms with Crippen molar-refractivity contribution < 1.29 is 18.3 Å². The van der Waals surface area contributed by atoms with E-state index in [9.17, 15) is 4.39 Å². The Labute approximate surface area is 202 Å². The van der Waals surface area contributed by atoms with E-state index in [0.717, 1.165) is 43.2 Å². The maximum atomic E-state index is 13.4. The highest BCUT2D eigenvalue weighted by atomic mass is 19.1. The number of halogens is 1. The molecule has 0 radical (unpaired) electrons. The van der Waals surface area contributed by atoms with Gasteiger partial charge in [0, 0.05) is 31.9 Å². The lowest BCUT2D eigenvalue weighted by Crippen LogP contribution is -2.48. The summed E-state index contributed by atoms with van der Waals surface area (Å²) in [6.07, 6.45) is 1.64. The van der Waals surface area contributed by atoms with Gasteiger partial charge in [0.15, 0.2) is 17.3 Å². The Balaban J connectivity index is 1.46. The van der Waals surface area contributed by atoms with Gasteiger partial charge < -0.3 is 18.8 Å². The second kappa shape index (κ2) is 10.1. The standard InChI is InChI=1S/C25H27FN6O3/c1-33-22-10-5-18(16-23(22)34-2)24(25-27-28-29-32(25)17-21-4-3-15-35-21)31-13-11-30(12-14-31)20-8-6-19(26)7-9-20/h3-10,15-16,24H,11-14,17H2,1-2H3/t24-/m1/s1. The van der Waals surface area contributed by atoms with Crippen molar-refractivity contribution in [2.75, 3.05) is 45.3 Å². The lowest BCUT2D eigenvalue weighted by Gasteiger charge is -2.40. The number of tetrazole rings is 1. The van der Waals surface area contributed by atoms with Gasteiger partial charge >= 0.3 is 0 Å². The number of hydrogen-bond donors (Lipinski definition) is 0. The van der Waals surface area contributed by atoms with Crippen LogP contribution >= 0.6 is 0 Å². The van der Waals surface area contributed by atoms with Crippen molar-refractivity contribution >= 4 is 5.69 Å². The van der Waals surface area contributed by atoms with Crippen LogP contribution in [-0.2, 0) is 6.54 Å². The summed E-state index contributed by atoms with van der Waals surface area (Å²) in [5.74, 6) is 2.55. The zero-order valence-corrected chi connectivity index (χ0v) is 19.7. The maximum Gasteiger partial charge on any atom is 0.173 e. The highest BCUT2D eigenvalue weighted by molar-refractivity contribution is 5.47. The first-order valence-corrected chi connectivity index (χ1v) is 11.4. The number of furan rings is 1. The van der Waals surface area contributed by atoms with Crippen LogP contribution in [0.25, 0.3) is 0 Å². The molecule has 1 fully saturated rings. The van der Waals surface area contributed by atoms with Crippen molar-refractivity contribution in [2.45, 2.75) is 12.6 Å². The number of benzene rings is 2. The Morgan fingerprint density at radius 3 is 2.43 bits per heavy atom. The van der Waals surface area contributed by atoms with Crippen LogP contribution in [0.15, 0.2) is 65.3 Å². The molecule has 1 aliphatic rings. The van der Waals surface area contributed by atoms with E-state index in [1.165, 1.54) is 12.1 Å². The third-order valence-corrected chi connectivity index (χ3v) is 6.28. The molecule has 9 nitrogen and oxygen atoms in total. The predicted octanol–water partition coefficient (Wildman–Crippen LogP) is 3.38. The number of nitrogens with zero attached hydrogens (tertiary/aromatic N) is 6. The molecule has 1 atom stereocenters. The Morgan fingerprint density at radius 2 is 1.74 bits per heavy atom. The third kappa shape index (κ3) is 4.83. The molecule has 0 amide bonds. The summed E-state index contributed by atoms with van der Waals surface area (Å²) in [5.41, 5.74) is 2.00. The zero-order chi connectivity index (χ0) is 24.2. The van der Waals surface area contributed by atoms with Crippen molar-refractivity contribution in [3.05, 3.63) is 83.8 Å². The van der Waals surface area contributed by atoms with Crippen LogP contribution in [0.5, 0.6) is 11.5 Å². The van der Waals surface area contributed by atoms with Crippen LogP contribution in [-0.4, -0.2) is 65.5 Å². The largest absolute Gasteiger partial charge is 0.493 e. The molecule has 1 aliphatic heterocycles. The molecule has 0 unspecified atom stereocenters. The van der Waals surface area contributed by atoms with Gasteiger partial charge in [-0.05, 0) is 64.5 Å². The first-order valence-electron chi connectivity index (χ1n) is 11.4. The summed E-state index contributed by atoms with van der Waals surface area (Å²) in [7, 11) is 3.24. The van der Waals surface area contributed by atoms with Gasteiger partial charge in [0.25, 0.3) is 0 Å². The van der Waals surface area contributed by atoms with Gasteiger partial charge in [-0.15, -0.1) is 5.10 Å². The number of anilines is 1. The molecule has 5 rings (SSSR count). The normalized spacial score (nSPS) is 15.2. The van der Waals surface area contributed by atoms with Gasteiger partial charge in [-0.25, -0.2) is 9.07 Å². The first-order chi connectivity index (χ1) is 17.2. The fourth-order valence-electron chi connectivity index (χ4n) is 4.51. The average molecular weight is 479 g/mol. The minimum Gasteiger partial charge on any atom is -0.493 e. The molecule has 3 heterocycles. The molecule has 0 N–H and O–H groups in total. The van der Waals surface area contributed by atoms with Gasteiger partial charge in [0.2, 0.25) is 0 Å². The molecule has 1 saturated heterocycles. The summed E-state index contributed by atoms with van der Waals surface area (Å²) in [6.45, 7) is 3.53. The molecule has 4 aromatic rings.